The Morgan fingerprint density at radius 3 is 2.68 bits per heavy atom. The molecule has 0 fully saturated rings. The summed E-state index contributed by atoms with van der Waals surface area (Å²) in [6.45, 7) is 6.78. The Bertz CT molecular complexity index is 588. The molecular weight excluding hydrogens is 280 g/mol. The second-order valence-electron chi connectivity index (χ2n) is 6.38. The summed E-state index contributed by atoms with van der Waals surface area (Å²) < 4.78 is 10.8. The topological polar surface area (TPSA) is 64.8 Å². The zero-order chi connectivity index (χ0) is 16.3. The highest BCUT2D eigenvalue weighted by molar-refractivity contribution is 5.78. The van der Waals surface area contributed by atoms with Crippen molar-refractivity contribution in [3.8, 4) is 5.75 Å². The van der Waals surface area contributed by atoms with Gasteiger partial charge >= 0.3 is 6.09 Å². The van der Waals surface area contributed by atoms with E-state index in [9.17, 15) is 4.79 Å². The van der Waals surface area contributed by atoms with E-state index >= 15 is 0 Å². The summed E-state index contributed by atoms with van der Waals surface area (Å²) in [4.78, 5) is 13.9. The molecule has 0 radical (unpaired) electrons. The molecule has 0 saturated heterocycles. The minimum absolute atomic E-state index is 0.285. The molecule has 120 valence electrons. The number of nitrogens with zero attached hydrogens (tertiary/aromatic N) is 1. The average Bonchev–Trinajstić information content (AvgIpc) is 2.45. The summed E-state index contributed by atoms with van der Waals surface area (Å²) in [5, 5.41) is 0. The van der Waals surface area contributed by atoms with E-state index in [2.05, 4.69) is 6.08 Å². The van der Waals surface area contributed by atoms with Crippen LogP contribution >= 0.6 is 0 Å². The van der Waals surface area contributed by atoms with Crippen molar-refractivity contribution >= 4 is 17.4 Å². The van der Waals surface area contributed by atoms with Crippen LogP contribution in [0.3, 0.4) is 0 Å². The number of rotatable bonds is 2. The molecule has 0 unspecified atom stereocenters. The molecule has 22 heavy (non-hydrogen) atoms. The van der Waals surface area contributed by atoms with Crippen molar-refractivity contribution in [3.63, 3.8) is 0 Å². The number of methoxy groups -OCH3 is 1. The van der Waals surface area contributed by atoms with E-state index in [1.165, 1.54) is 0 Å². The number of hydrogen-bond acceptors (Lipinski definition) is 4. The molecule has 2 N–H and O–H groups in total. The highest BCUT2D eigenvalue weighted by Gasteiger charge is 2.25. The van der Waals surface area contributed by atoms with Gasteiger partial charge in [-0.15, -0.1) is 0 Å². The van der Waals surface area contributed by atoms with Crippen LogP contribution in [-0.4, -0.2) is 36.8 Å². The number of amides is 1. The van der Waals surface area contributed by atoms with Gasteiger partial charge in [0.15, 0.2) is 0 Å². The fourth-order valence-corrected chi connectivity index (χ4v) is 2.39. The summed E-state index contributed by atoms with van der Waals surface area (Å²) >= 11 is 0. The molecule has 1 aliphatic rings. The number of nitrogens with two attached hydrogens (primary N) is 1. The van der Waals surface area contributed by atoms with Gasteiger partial charge in [-0.2, -0.15) is 0 Å². The average molecular weight is 304 g/mol. The normalized spacial score (nSPS) is 15.3. The van der Waals surface area contributed by atoms with E-state index in [0.717, 1.165) is 23.3 Å². The molecule has 0 aromatic heterocycles. The number of benzene rings is 1. The van der Waals surface area contributed by atoms with E-state index in [1.807, 2.05) is 32.9 Å². The molecule has 1 heterocycles. The number of anilines is 1. The minimum Gasteiger partial charge on any atom is -0.496 e. The van der Waals surface area contributed by atoms with Crippen molar-refractivity contribution < 1.29 is 14.3 Å². The smallest absolute Gasteiger partial charge is 0.410 e. The summed E-state index contributed by atoms with van der Waals surface area (Å²) in [5.41, 5.74) is 7.97. The minimum atomic E-state index is -0.489. The van der Waals surface area contributed by atoms with Crippen molar-refractivity contribution in [2.75, 3.05) is 25.9 Å². The second-order valence-corrected chi connectivity index (χ2v) is 6.38. The van der Waals surface area contributed by atoms with Crippen molar-refractivity contribution in [1.82, 2.24) is 4.90 Å². The van der Waals surface area contributed by atoms with Gasteiger partial charge in [-0.3, -0.25) is 0 Å². The third-order valence-corrected chi connectivity index (χ3v) is 3.37. The zero-order valence-corrected chi connectivity index (χ0v) is 13.7. The fraction of sp³-hybridized carbons (Fsp3) is 0.471. The first-order chi connectivity index (χ1) is 10.3. The number of nitrogen functional groups attached to an aromatic ring is 1. The van der Waals surface area contributed by atoms with Crippen LogP contribution in [0.1, 0.15) is 32.8 Å². The summed E-state index contributed by atoms with van der Waals surface area (Å²) in [6.07, 6.45) is 2.64. The molecule has 1 aromatic carbocycles. The molecule has 5 nitrogen and oxygen atoms in total. The van der Waals surface area contributed by atoms with Gasteiger partial charge in [-0.1, -0.05) is 6.08 Å². The molecule has 1 aliphatic heterocycles. The maximum Gasteiger partial charge on any atom is 0.410 e. The van der Waals surface area contributed by atoms with Crippen molar-refractivity contribution in [3.05, 3.63) is 29.8 Å². The summed E-state index contributed by atoms with van der Waals surface area (Å²) in [6, 6.07) is 5.56. The number of hydrogen-bond donors (Lipinski definition) is 1. The van der Waals surface area contributed by atoms with Crippen molar-refractivity contribution in [2.24, 2.45) is 0 Å². The lowest BCUT2D eigenvalue weighted by Crippen LogP contribution is -2.39. The monoisotopic (exact) mass is 304 g/mol. The van der Waals surface area contributed by atoms with Crippen LogP contribution in [0.25, 0.3) is 5.57 Å². The van der Waals surface area contributed by atoms with E-state index in [1.54, 1.807) is 18.1 Å². The molecule has 0 bridgehead atoms. The Balaban J connectivity index is 2.17. The predicted molar refractivity (Wildman–Crippen MR) is 87.8 cm³/mol. The number of carbonyl (C=O) groups excluding carboxylic acids is 1. The molecule has 2 rings (SSSR count). The lowest BCUT2D eigenvalue weighted by atomic mass is 10.00. The molecule has 0 spiro atoms. The quantitative estimate of drug-likeness (QED) is 0.851. The van der Waals surface area contributed by atoms with Gasteiger partial charge in [-0.05, 0) is 44.9 Å². The Labute approximate surface area is 131 Å². The molecule has 1 amide bonds. The Morgan fingerprint density at radius 1 is 1.32 bits per heavy atom. The fourth-order valence-electron chi connectivity index (χ4n) is 2.39. The van der Waals surface area contributed by atoms with Crippen LogP contribution in [0, 0.1) is 0 Å². The summed E-state index contributed by atoms with van der Waals surface area (Å²) in [7, 11) is 1.62. The molecule has 1 aromatic rings. The van der Waals surface area contributed by atoms with Crippen LogP contribution in [-0.2, 0) is 4.74 Å². The summed E-state index contributed by atoms with van der Waals surface area (Å²) in [5.74, 6) is 0.720. The van der Waals surface area contributed by atoms with Gasteiger partial charge in [0.05, 0.1) is 7.11 Å². The number of ether oxygens (including phenoxy) is 2. The lowest BCUT2D eigenvalue weighted by molar-refractivity contribution is 0.0273. The Hall–Kier alpha value is -2.17. The zero-order valence-electron chi connectivity index (χ0n) is 13.7. The predicted octanol–water partition coefficient (Wildman–Crippen LogP) is 3.30. The maximum absolute atomic E-state index is 12.2. The van der Waals surface area contributed by atoms with Crippen molar-refractivity contribution in [1.29, 1.82) is 0 Å². The van der Waals surface area contributed by atoms with Crippen LogP contribution in [0.15, 0.2) is 24.3 Å². The molecule has 0 atom stereocenters. The standard InChI is InChI=1S/C17H24N2O3/c1-17(2,3)22-16(20)19-9-5-6-12(11-19)14-8-7-13(18)10-15(14)21-4/h6-8,10H,5,9,11,18H2,1-4H3. The van der Waals surface area contributed by atoms with Crippen LogP contribution in [0.2, 0.25) is 0 Å². The molecule has 5 heteroatoms. The van der Waals surface area contributed by atoms with Gasteiger partial charge in [0.25, 0.3) is 0 Å². The second kappa shape index (κ2) is 6.30. The molecular formula is C17H24N2O3. The number of carbonyl (C=O) groups is 1. The third kappa shape index (κ3) is 3.93. The largest absolute Gasteiger partial charge is 0.496 e. The van der Waals surface area contributed by atoms with E-state index in [0.29, 0.717) is 18.8 Å². The Morgan fingerprint density at radius 2 is 2.05 bits per heavy atom. The van der Waals surface area contributed by atoms with Crippen LogP contribution in [0.4, 0.5) is 10.5 Å². The van der Waals surface area contributed by atoms with Gasteiger partial charge in [0.2, 0.25) is 0 Å². The van der Waals surface area contributed by atoms with E-state index < -0.39 is 5.60 Å². The van der Waals surface area contributed by atoms with Crippen LogP contribution < -0.4 is 10.5 Å². The van der Waals surface area contributed by atoms with Gasteiger partial charge in [-0.25, -0.2) is 4.79 Å². The molecule has 0 saturated carbocycles. The first-order valence-corrected chi connectivity index (χ1v) is 7.41. The van der Waals surface area contributed by atoms with Gasteiger partial charge in [0.1, 0.15) is 11.4 Å². The van der Waals surface area contributed by atoms with E-state index in [-0.39, 0.29) is 6.09 Å². The Kier molecular flexibility index (Phi) is 4.64. The highest BCUT2D eigenvalue weighted by Crippen LogP contribution is 2.31. The van der Waals surface area contributed by atoms with Gasteiger partial charge < -0.3 is 20.1 Å². The SMILES string of the molecule is COc1cc(N)ccc1C1=CCCN(C(=O)OC(C)(C)C)C1. The van der Waals surface area contributed by atoms with Gasteiger partial charge in [0, 0.05) is 30.4 Å². The highest BCUT2D eigenvalue weighted by atomic mass is 16.6. The maximum atomic E-state index is 12.2. The van der Waals surface area contributed by atoms with Crippen molar-refractivity contribution in [2.45, 2.75) is 32.8 Å². The van der Waals surface area contributed by atoms with E-state index in [4.69, 9.17) is 15.2 Å². The molecule has 0 aliphatic carbocycles. The first-order valence-electron chi connectivity index (χ1n) is 7.41. The first kappa shape index (κ1) is 16.2. The third-order valence-electron chi connectivity index (χ3n) is 3.37. The lowest BCUT2D eigenvalue weighted by Gasteiger charge is -2.30. The van der Waals surface area contributed by atoms with Crippen LogP contribution in [0.5, 0.6) is 5.75 Å².